The summed E-state index contributed by atoms with van der Waals surface area (Å²) in [5, 5.41) is 2.73. The standard InChI is InChI=1S/C18H19NO4/c1-3-22-18(21)14-8-7-9-15(12-14)19-17(20)13(2)23-16-10-5-4-6-11-16/h4-13H,3H2,1-2H3,(H,19,20). The molecule has 23 heavy (non-hydrogen) atoms. The molecule has 1 amide bonds. The molecule has 0 saturated heterocycles. The molecule has 5 heteroatoms. The van der Waals surface area contributed by atoms with Gasteiger partial charge in [-0.2, -0.15) is 0 Å². The lowest BCUT2D eigenvalue weighted by atomic mass is 10.2. The SMILES string of the molecule is CCOC(=O)c1cccc(NC(=O)C(C)Oc2ccccc2)c1. The minimum absolute atomic E-state index is 0.296. The van der Waals surface area contributed by atoms with Crippen LogP contribution in [0.25, 0.3) is 0 Å². The Morgan fingerprint density at radius 2 is 1.83 bits per heavy atom. The van der Waals surface area contributed by atoms with Gasteiger partial charge in [-0.25, -0.2) is 4.79 Å². The molecule has 0 fully saturated rings. The molecule has 2 aromatic carbocycles. The molecule has 0 saturated carbocycles. The zero-order chi connectivity index (χ0) is 16.7. The Morgan fingerprint density at radius 1 is 1.09 bits per heavy atom. The fraction of sp³-hybridized carbons (Fsp3) is 0.222. The van der Waals surface area contributed by atoms with Crippen LogP contribution >= 0.6 is 0 Å². The van der Waals surface area contributed by atoms with E-state index in [2.05, 4.69) is 5.32 Å². The van der Waals surface area contributed by atoms with Gasteiger partial charge in [0.25, 0.3) is 5.91 Å². The number of esters is 1. The summed E-state index contributed by atoms with van der Waals surface area (Å²) < 4.78 is 10.5. The minimum atomic E-state index is -0.663. The zero-order valence-electron chi connectivity index (χ0n) is 13.1. The second kappa shape index (κ2) is 7.98. The van der Waals surface area contributed by atoms with E-state index in [1.165, 1.54) is 0 Å². The molecule has 0 heterocycles. The molecular weight excluding hydrogens is 294 g/mol. The highest BCUT2D eigenvalue weighted by atomic mass is 16.5. The Morgan fingerprint density at radius 3 is 2.52 bits per heavy atom. The predicted molar refractivity (Wildman–Crippen MR) is 87.6 cm³/mol. The lowest BCUT2D eigenvalue weighted by Crippen LogP contribution is -2.30. The minimum Gasteiger partial charge on any atom is -0.481 e. The molecule has 1 unspecified atom stereocenters. The van der Waals surface area contributed by atoms with Crippen molar-refractivity contribution in [2.45, 2.75) is 20.0 Å². The summed E-state index contributed by atoms with van der Waals surface area (Å²) in [6, 6.07) is 15.7. The summed E-state index contributed by atoms with van der Waals surface area (Å²) in [5.41, 5.74) is 0.908. The van der Waals surface area contributed by atoms with E-state index in [4.69, 9.17) is 9.47 Å². The third kappa shape index (κ3) is 4.85. The van der Waals surface area contributed by atoms with Crippen molar-refractivity contribution >= 4 is 17.6 Å². The zero-order valence-corrected chi connectivity index (χ0v) is 13.1. The highest BCUT2D eigenvalue weighted by Gasteiger charge is 2.15. The van der Waals surface area contributed by atoms with Gasteiger partial charge in [-0.15, -0.1) is 0 Å². The molecule has 0 radical (unpaired) electrons. The monoisotopic (exact) mass is 313 g/mol. The van der Waals surface area contributed by atoms with Crippen molar-refractivity contribution in [3.05, 3.63) is 60.2 Å². The van der Waals surface area contributed by atoms with Crippen molar-refractivity contribution in [1.29, 1.82) is 0 Å². The van der Waals surface area contributed by atoms with E-state index in [9.17, 15) is 9.59 Å². The Bertz CT molecular complexity index is 670. The molecule has 0 aliphatic carbocycles. The van der Waals surface area contributed by atoms with Crippen LogP contribution in [0.15, 0.2) is 54.6 Å². The Balaban J connectivity index is 1.99. The third-order valence-corrected chi connectivity index (χ3v) is 3.07. The van der Waals surface area contributed by atoms with Gasteiger partial charge < -0.3 is 14.8 Å². The molecule has 0 spiro atoms. The van der Waals surface area contributed by atoms with Crippen LogP contribution in [0.2, 0.25) is 0 Å². The first kappa shape index (κ1) is 16.5. The van der Waals surface area contributed by atoms with Crippen LogP contribution in [0, 0.1) is 0 Å². The normalized spacial score (nSPS) is 11.4. The van der Waals surface area contributed by atoms with Crippen molar-refractivity contribution in [1.82, 2.24) is 0 Å². The topological polar surface area (TPSA) is 64.6 Å². The number of carbonyl (C=O) groups is 2. The number of benzene rings is 2. The van der Waals surface area contributed by atoms with Crippen LogP contribution in [0.4, 0.5) is 5.69 Å². The van der Waals surface area contributed by atoms with Crippen LogP contribution in [0.5, 0.6) is 5.75 Å². The summed E-state index contributed by atoms with van der Waals surface area (Å²) in [4.78, 5) is 23.9. The largest absolute Gasteiger partial charge is 0.481 e. The first-order valence-electron chi connectivity index (χ1n) is 7.40. The van der Waals surface area contributed by atoms with E-state index in [1.54, 1.807) is 50.2 Å². The smallest absolute Gasteiger partial charge is 0.338 e. The fourth-order valence-electron chi connectivity index (χ4n) is 1.94. The summed E-state index contributed by atoms with van der Waals surface area (Å²) in [6.45, 7) is 3.71. The van der Waals surface area contributed by atoms with Gasteiger partial charge in [0, 0.05) is 5.69 Å². The number of hydrogen-bond donors (Lipinski definition) is 1. The van der Waals surface area contributed by atoms with Crippen molar-refractivity contribution in [2.24, 2.45) is 0 Å². The van der Waals surface area contributed by atoms with E-state index in [-0.39, 0.29) is 5.91 Å². The maximum Gasteiger partial charge on any atom is 0.338 e. The molecule has 0 aliphatic rings. The van der Waals surface area contributed by atoms with E-state index in [0.29, 0.717) is 23.6 Å². The number of ether oxygens (including phenoxy) is 2. The number of amides is 1. The predicted octanol–water partition coefficient (Wildman–Crippen LogP) is 3.27. The average Bonchev–Trinajstić information content (AvgIpc) is 2.56. The molecule has 0 aliphatic heterocycles. The van der Waals surface area contributed by atoms with E-state index < -0.39 is 12.1 Å². The molecule has 5 nitrogen and oxygen atoms in total. The summed E-state index contributed by atoms with van der Waals surface area (Å²) >= 11 is 0. The van der Waals surface area contributed by atoms with Gasteiger partial charge >= 0.3 is 5.97 Å². The first-order valence-corrected chi connectivity index (χ1v) is 7.40. The molecule has 0 bridgehead atoms. The van der Waals surface area contributed by atoms with Gasteiger partial charge in [0.05, 0.1) is 12.2 Å². The van der Waals surface area contributed by atoms with Crippen LogP contribution in [0.3, 0.4) is 0 Å². The molecule has 120 valence electrons. The van der Waals surface area contributed by atoms with E-state index in [0.717, 1.165) is 0 Å². The average molecular weight is 313 g/mol. The Kier molecular flexibility index (Phi) is 5.74. The molecule has 2 aromatic rings. The van der Waals surface area contributed by atoms with Crippen molar-refractivity contribution in [2.75, 3.05) is 11.9 Å². The molecule has 1 N–H and O–H groups in total. The third-order valence-electron chi connectivity index (χ3n) is 3.07. The second-order valence-electron chi connectivity index (χ2n) is 4.86. The Hall–Kier alpha value is -2.82. The van der Waals surface area contributed by atoms with Crippen LogP contribution in [-0.2, 0) is 9.53 Å². The second-order valence-corrected chi connectivity index (χ2v) is 4.86. The number of hydrogen-bond acceptors (Lipinski definition) is 4. The molecular formula is C18H19NO4. The van der Waals surface area contributed by atoms with Gasteiger partial charge in [0.2, 0.25) is 0 Å². The van der Waals surface area contributed by atoms with Gasteiger partial charge in [-0.3, -0.25) is 4.79 Å². The lowest BCUT2D eigenvalue weighted by Gasteiger charge is -2.15. The van der Waals surface area contributed by atoms with E-state index in [1.807, 2.05) is 18.2 Å². The van der Waals surface area contributed by atoms with Gasteiger partial charge in [0.15, 0.2) is 6.10 Å². The quantitative estimate of drug-likeness (QED) is 0.831. The maximum atomic E-state index is 12.2. The highest BCUT2D eigenvalue weighted by Crippen LogP contribution is 2.14. The van der Waals surface area contributed by atoms with Crippen LogP contribution in [-0.4, -0.2) is 24.6 Å². The number of nitrogens with one attached hydrogen (secondary N) is 1. The van der Waals surface area contributed by atoms with Crippen molar-refractivity contribution in [3.8, 4) is 5.75 Å². The van der Waals surface area contributed by atoms with Crippen LogP contribution < -0.4 is 10.1 Å². The van der Waals surface area contributed by atoms with Crippen molar-refractivity contribution in [3.63, 3.8) is 0 Å². The summed E-state index contributed by atoms with van der Waals surface area (Å²) in [5.74, 6) is -0.0949. The molecule has 0 aromatic heterocycles. The highest BCUT2D eigenvalue weighted by molar-refractivity contribution is 5.96. The van der Waals surface area contributed by atoms with E-state index >= 15 is 0 Å². The van der Waals surface area contributed by atoms with Gasteiger partial charge in [-0.05, 0) is 44.2 Å². The lowest BCUT2D eigenvalue weighted by molar-refractivity contribution is -0.122. The van der Waals surface area contributed by atoms with Crippen molar-refractivity contribution < 1.29 is 19.1 Å². The summed E-state index contributed by atoms with van der Waals surface area (Å²) in [6.07, 6.45) is -0.663. The fourth-order valence-corrected chi connectivity index (χ4v) is 1.94. The molecule has 1 atom stereocenters. The molecule has 2 rings (SSSR count). The number of carbonyl (C=O) groups excluding carboxylic acids is 2. The van der Waals surface area contributed by atoms with Crippen LogP contribution in [0.1, 0.15) is 24.2 Å². The summed E-state index contributed by atoms with van der Waals surface area (Å²) in [7, 11) is 0. The number of para-hydroxylation sites is 1. The first-order chi connectivity index (χ1) is 11.1. The van der Waals surface area contributed by atoms with Gasteiger partial charge in [-0.1, -0.05) is 24.3 Å². The Labute approximate surface area is 135 Å². The maximum absolute atomic E-state index is 12.2. The van der Waals surface area contributed by atoms with Gasteiger partial charge in [0.1, 0.15) is 5.75 Å². The number of anilines is 1. The number of rotatable bonds is 6.